The molecule has 0 aliphatic carbocycles. The van der Waals surface area contributed by atoms with Gasteiger partial charge < -0.3 is 4.74 Å². The lowest BCUT2D eigenvalue weighted by Gasteiger charge is -2.07. The Kier molecular flexibility index (Phi) is 5.99. The SMILES string of the molecule is CC(C)COCCNS(=O)(=O)c1ccc(C(F)(F)F)s1. The van der Waals surface area contributed by atoms with E-state index in [0.717, 1.165) is 12.1 Å². The van der Waals surface area contributed by atoms with E-state index in [2.05, 4.69) is 4.72 Å². The molecule has 0 amide bonds. The van der Waals surface area contributed by atoms with Gasteiger partial charge in [-0.15, -0.1) is 11.3 Å². The van der Waals surface area contributed by atoms with Crippen molar-refractivity contribution in [2.45, 2.75) is 24.2 Å². The molecule has 1 rings (SSSR count). The Morgan fingerprint density at radius 2 is 2.00 bits per heavy atom. The van der Waals surface area contributed by atoms with Crippen molar-refractivity contribution in [3.8, 4) is 0 Å². The first-order valence-corrected chi connectivity index (χ1v) is 8.17. The molecule has 1 heterocycles. The summed E-state index contributed by atoms with van der Waals surface area (Å²) >= 11 is 0.199. The molecular formula is C11H16F3NO3S2. The second kappa shape index (κ2) is 6.88. The van der Waals surface area contributed by atoms with Crippen molar-refractivity contribution < 1.29 is 26.3 Å². The van der Waals surface area contributed by atoms with Crippen LogP contribution in [0.15, 0.2) is 16.3 Å². The van der Waals surface area contributed by atoms with Gasteiger partial charge in [0.1, 0.15) is 9.09 Å². The summed E-state index contributed by atoms with van der Waals surface area (Å²) in [7, 11) is -3.91. The number of thiophene rings is 1. The van der Waals surface area contributed by atoms with Crippen molar-refractivity contribution >= 4 is 21.4 Å². The van der Waals surface area contributed by atoms with Gasteiger partial charge in [0, 0.05) is 13.2 Å². The summed E-state index contributed by atoms with van der Waals surface area (Å²) in [6.45, 7) is 4.60. The maximum atomic E-state index is 12.4. The van der Waals surface area contributed by atoms with Gasteiger partial charge >= 0.3 is 6.18 Å². The van der Waals surface area contributed by atoms with Crippen molar-refractivity contribution in [1.82, 2.24) is 4.72 Å². The number of alkyl halides is 3. The van der Waals surface area contributed by atoms with E-state index >= 15 is 0 Å². The fraction of sp³-hybridized carbons (Fsp3) is 0.636. The van der Waals surface area contributed by atoms with E-state index in [1.807, 2.05) is 13.8 Å². The Morgan fingerprint density at radius 1 is 1.35 bits per heavy atom. The number of sulfonamides is 1. The molecule has 1 N–H and O–H groups in total. The lowest BCUT2D eigenvalue weighted by atomic mass is 10.2. The van der Waals surface area contributed by atoms with Gasteiger partial charge in [0.2, 0.25) is 10.0 Å². The number of rotatable bonds is 7. The number of hydrogen-bond acceptors (Lipinski definition) is 4. The molecule has 0 atom stereocenters. The normalized spacial score (nSPS) is 13.1. The monoisotopic (exact) mass is 331 g/mol. The van der Waals surface area contributed by atoms with Crippen LogP contribution in [0.3, 0.4) is 0 Å². The summed E-state index contributed by atoms with van der Waals surface area (Å²) in [5, 5.41) is 0. The summed E-state index contributed by atoms with van der Waals surface area (Å²) in [5.74, 6) is 0.332. The van der Waals surface area contributed by atoms with Crippen molar-refractivity contribution in [2.75, 3.05) is 19.8 Å². The Bertz CT molecular complexity index is 523. The molecule has 0 saturated heterocycles. The molecule has 0 unspecified atom stereocenters. The standard InChI is InChI=1S/C11H16F3NO3S2/c1-8(2)7-18-6-5-15-20(16,17)10-4-3-9(19-10)11(12,13)14/h3-4,8,15H,5-7H2,1-2H3. The van der Waals surface area contributed by atoms with E-state index in [0.29, 0.717) is 12.5 Å². The first-order chi connectivity index (χ1) is 9.13. The molecule has 1 aromatic rings. The highest BCUT2D eigenvalue weighted by atomic mass is 32.2. The maximum absolute atomic E-state index is 12.4. The van der Waals surface area contributed by atoms with Gasteiger partial charge in [0.25, 0.3) is 0 Å². The van der Waals surface area contributed by atoms with Gasteiger partial charge in [0.15, 0.2) is 0 Å². The second-order valence-corrected chi connectivity index (χ2v) is 7.56. The third kappa shape index (κ3) is 5.39. The van der Waals surface area contributed by atoms with Crippen LogP contribution in [0.2, 0.25) is 0 Å². The molecule has 0 fully saturated rings. The van der Waals surface area contributed by atoms with Gasteiger partial charge in [-0.2, -0.15) is 13.2 Å². The lowest BCUT2D eigenvalue weighted by Crippen LogP contribution is -2.27. The van der Waals surface area contributed by atoms with E-state index in [4.69, 9.17) is 4.74 Å². The zero-order valence-corrected chi connectivity index (χ0v) is 12.7. The molecule has 1 aromatic heterocycles. The van der Waals surface area contributed by atoms with Crippen LogP contribution < -0.4 is 4.72 Å². The van der Waals surface area contributed by atoms with Gasteiger partial charge in [-0.25, -0.2) is 13.1 Å². The molecule has 0 radical (unpaired) electrons. The molecule has 0 saturated carbocycles. The van der Waals surface area contributed by atoms with E-state index in [9.17, 15) is 21.6 Å². The average Bonchev–Trinajstić information content (AvgIpc) is 2.77. The molecule has 9 heteroatoms. The van der Waals surface area contributed by atoms with Crippen LogP contribution in [0.4, 0.5) is 13.2 Å². The molecule has 0 bridgehead atoms. The van der Waals surface area contributed by atoms with Crippen LogP contribution in [-0.2, 0) is 20.9 Å². The highest BCUT2D eigenvalue weighted by Gasteiger charge is 2.33. The molecule has 0 aliphatic rings. The van der Waals surface area contributed by atoms with Crippen molar-refractivity contribution in [3.05, 3.63) is 17.0 Å². The fourth-order valence-corrected chi connectivity index (χ4v) is 3.49. The van der Waals surface area contributed by atoms with E-state index in [-0.39, 0.29) is 28.7 Å². The predicted molar refractivity (Wildman–Crippen MR) is 70.2 cm³/mol. The molecule has 0 spiro atoms. The van der Waals surface area contributed by atoms with Crippen LogP contribution >= 0.6 is 11.3 Å². The van der Waals surface area contributed by atoms with E-state index in [1.165, 1.54) is 0 Å². The van der Waals surface area contributed by atoms with Crippen molar-refractivity contribution in [1.29, 1.82) is 0 Å². The van der Waals surface area contributed by atoms with E-state index in [1.54, 1.807) is 0 Å². The third-order valence-electron chi connectivity index (χ3n) is 2.12. The Labute approximate surface area is 120 Å². The minimum atomic E-state index is -4.53. The highest BCUT2D eigenvalue weighted by Crippen LogP contribution is 2.35. The van der Waals surface area contributed by atoms with Gasteiger partial charge in [0.05, 0.1) is 6.61 Å². The van der Waals surface area contributed by atoms with Crippen LogP contribution in [0.25, 0.3) is 0 Å². The lowest BCUT2D eigenvalue weighted by molar-refractivity contribution is -0.134. The van der Waals surface area contributed by atoms with Gasteiger partial charge in [-0.3, -0.25) is 0 Å². The highest BCUT2D eigenvalue weighted by molar-refractivity contribution is 7.91. The number of halogens is 3. The second-order valence-electron chi connectivity index (χ2n) is 4.48. The summed E-state index contributed by atoms with van der Waals surface area (Å²) in [6, 6.07) is 1.71. The zero-order valence-electron chi connectivity index (χ0n) is 11.0. The fourth-order valence-electron chi connectivity index (χ4n) is 1.26. The van der Waals surface area contributed by atoms with Gasteiger partial charge in [-0.1, -0.05) is 13.8 Å². The summed E-state index contributed by atoms with van der Waals surface area (Å²) in [6.07, 6.45) is -4.53. The summed E-state index contributed by atoms with van der Waals surface area (Å²) < 4.78 is 67.7. The number of ether oxygens (including phenoxy) is 1. The van der Waals surface area contributed by atoms with Crippen LogP contribution in [-0.4, -0.2) is 28.2 Å². The minimum absolute atomic E-state index is 0.0221. The Hall–Kier alpha value is -0.640. The molecule has 4 nitrogen and oxygen atoms in total. The van der Waals surface area contributed by atoms with Crippen LogP contribution in [0, 0.1) is 5.92 Å². The van der Waals surface area contributed by atoms with Crippen molar-refractivity contribution in [3.63, 3.8) is 0 Å². The summed E-state index contributed by atoms with van der Waals surface area (Å²) in [4.78, 5) is -0.936. The molecule has 0 aromatic carbocycles. The van der Waals surface area contributed by atoms with E-state index < -0.39 is 21.1 Å². The van der Waals surface area contributed by atoms with Crippen LogP contribution in [0.1, 0.15) is 18.7 Å². The first kappa shape index (κ1) is 17.4. The smallest absolute Gasteiger partial charge is 0.380 e. The predicted octanol–water partition coefficient (Wildman–Crippen LogP) is 2.72. The molecule has 116 valence electrons. The minimum Gasteiger partial charge on any atom is -0.380 e. The molecular weight excluding hydrogens is 315 g/mol. The van der Waals surface area contributed by atoms with Gasteiger partial charge in [-0.05, 0) is 18.1 Å². The largest absolute Gasteiger partial charge is 0.425 e. The molecule has 0 aliphatic heterocycles. The topological polar surface area (TPSA) is 55.4 Å². The number of hydrogen-bond donors (Lipinski definition) is 1. The Morgan fingerprint density at radius 3 is 2.50 bits per heavy atom. The van der Waals surface area contributed by atoms with Crippen LogP contribution in [0.5, 0.6) is 0 Å². The van der Waals surface area contributed by atoms with Crippen molar-refractivity contribution in [2.24, 2.45) is 5.92 Å². The molecule has 20 heavy (non-hydrogen) atoms. The first-order valence-electron chi connectivity index (χ1n) is 5.87. The quantitative estimate of drug-likeness (QED) is 0.782. The zero-order chi connectivity index (χ0) is 15.4. The third-order valence-corrected chi connectivity index (χ3v) is 5.20. The maximum Gasteiger partial charge on any atom is 0.425 e. The number of nitrogens with one attached hydrogen (secondary N) is 1. The average molecular weight is 331 g/mol. The Balaban J connectivity index is 2.55. The summed E-state index contributed by atoms with van der Waals surface area (Å²) in [5.41, 5.74) is 0.